The molecule has 0 radical (unpaired) electrons. The van der Waals surface area contributed by atoms with Gasteiger partial charge in [0.25, 0.3) is 0 Å². The summed E-state index contributed by atoms with van der Waals surface area (Å²) in [5, 5.41) is 11.9. The van der Waals surface area contributed by atoms with Crippen molar-refractivity contribution in [3.63, 3.8) is 0 Å². The van der Waals surface area contributed by atoms with Crippen LogP contribution in [0, 0.1) is 0 Å². The lowest BCUT2D eigenvalue weighted by Gasteiger charge is -2.08. The fourth-order valence-electron chi connectivity index (χ4n) is 1.99. The summed E-state index contributed by atoms with van der Waals surface area (Å²) in [6.45, 7) is 0.581. The second-order valence-corrected chi connectivity index (χ2v) is 5.19. The van der Waals surface area contributed by atoms with Crippen molar-refractivity contribution in [1.29, 1.82) is 0 Å². The van der Waals surface area contributed by atoms with Crippen molar-refractivity contribution in [3.8, 4) is 11.4 Å². The molecule has 1 heterocycles. The van der Waals surface area contributed by atoms with E-state index < -0.39 is 0 Å². The summed E-state index contributed by atoms with van der Waals surface area (Å²) in [4.78, 5) is 0. The number of aromatic nitrogens is 4. The first-order chi connectivity index (χ1) is 9.75. The molecule has 6 heteroatoms. The number of anilines is 1. The molecule has 5 nitrogen and oxygen atoms in total. The third-order valence-electron chi connectivity index (χ3n) is 3.01. The smallest absolute Gasteiger partial charge is 0.184 e. The minimum absolute atomic E-state index is 0.581. The highest BCUT2D eigenvalue weighted by Gasteiger charge is 2.12. The quantitative estimate of drug-likeness (QED) is 0.750. The first-order valence-corrected chi connectivity index (χ1v) is 6.89. The van der Waals surface area contributed by atoms with Crippen LogP contribution in [0.15, 0.2) is 53.0 Å². The van der Waals surface area contributed by atoms with Crippen LogP contribution in [-0.4, -0.2) is 20.2 Å². The molecule has 0 saturated heterocycles. The standard InChI is InChI=1S/C14H12BrN5/c15-12-7-3-1-5-10(12)9-20-14(17-18-19-20)11-6-2-4-8-13(11)16/h1-8H,9,16H2. The van der Waals surface area contributed by atoms with Gasteiger partial charge in [0.15, 0.2) is 5.82 Å². The lowest BCUT2D eigenvalue weighted by molar-refractivity contribution is 0.652. The van der Waals surface area contributed by atoms with Crippen LogP contribution in [0.1, 0.15) is 5.56 Å². The molecule has 0 bridgehead atoms. The normalized spacial score (nSPS) is 10.7. The third-order valence-corrected chi connectivity index (χ3v) is 3.79. The van der Waals surface area contributed by atoms with E-state index in [9.17, 15) is 0 Å². The Hall–Kier alpha value is -2.21. The molecule has 2 N–H and O–H groups in total. The largest absolute Gasteiger partial charge is 0.398 e. The Morgan fingerprint density at radius 2 is 1.80 bits per heavy atom. The van der Waals surface area contributed by atoms with E-state index in [1.165, 1.54) is 0 Å². The molecule has 0 aliphatic heterocycles. The maximum atomic E-state index is 5.99. The molecular weight excluding hydrogens is 318 g/mol. The van der Waals surface area contributed by atoms with Crippen molar-refractivity contribution in [2.24, 2.45) is 0 Å². The minimum atomic E-state index is 0.581. The molecule has 0 aliphatic carbocycles. The van der Waals surface area contributed by atoms with Crippen LogP contribution >= 0.6 is 15.9 Å². The van der Waals surface area contributed by atoms with Gasteiger partial charge in [0, 0.05) is 15.7 Å². The van der Waals surface area contributed by atoms with Crippen LogP contribution in [0.4, 0.5) is 5.69 Å². The summed E-state index contributed by atoms with van der Waals surface area (Å²) < 4.78 is 2.77. The van der Waals surface area contributed by atoms with E-state index in [4.69, 9.17) is 5.73 Å². The van der Waals surface area contributed by atoms with Gasteiger partial charge in [0.2, 0.25) is 0 Å². The van der Waals surface area contributed by atoms with Crippen molar-refractivity contribution < 1.29 is 0 Å². The highest BCUT2D eigenvalue weighted by molar-refractivity contribution is 9.10. The van der Waals surface area contributed by atoms with Crippen LogP contribution in [0.2, 0.25) is 0 Å². The van der Waals surface area contributed by atoms with Crippen molar-refractivity contribution in [2.45, 2.75) is 6.54 Å². The molecule has 0 saturated carbocycles. The maximum absolute atomic E-state index is 5.99. The molecule has 2 aromatic carbocycles. The van der Waals surface area contributed by atoms with E-state index in [0.717, 1.165) is 15.6 Å². The van der Waals surface area contributed by atoms with Gasteiger partial charge in [0.05, 0.1) is 6.54 Å². The fourth-order valence-corrected chi connectivity index (χ4v) is 2.40. The van der Waals surface area contributed by atoms with Gasteiger partial charge in [-0.1, -0.05) is 46.3 Å². The number of nitrogen functional groups attached to an aromatic ring is 1. The van der Waals surface area contributed by atoms with Gasteiger partial charge in [-0.15, -0.1) is 5.10 Å². The van der Waals surface area contributed by atoms with Crippen LogP contribution in [0.5, 0.6) is 0 Å². The second kappa shape index (κ2) is 5.42. The summed E-state index contributed by atoms with van der Waals surface area (Å²) in [7, 11) is 0. The Kier molecular flexibility index (Phi) is 3.47. The predicted octanol–water partition coefficient (Wildman–Crippen LogP) is 2.73. The number of benzene rings is 2. The van der Waals surface area contributed by atoms with Crippen LogP contribution < -0.4 is 5.73 Å². The van der Waals surface area contributed by atoms with Crippen molar-refractivity contribution >= 4 is 21.6 Å². The molecule has 0 fully saturated rings. The zero-order chi connectivity index (χ0) is 13.9. The lowest BCUT2D eigenvalue weighted by atomic mass is 10.1. The van der Waals surface area contributed by atoms with Gasteiger partial charge in [-0.2, -0.15) is 0 Å². The average Bonchev–Trinajstić information content (AvgIpc) is 2.90. The van der Waals surface area contributed by atoms with E-state index in [-0.39, 0.29) is 0 Å². The number of nitrogens with zero attached hydrogens (tertiary/aromatic N) is 4. The minimum Gasteiger partial charge on any atom is -0.398 e. The molecule has 1 aromatic heterocycles. The number of hydrogen-bond acceptors (Lipinski definition) is 4. The number of rotatable bonds is 3. The highest BCUT2D eigenvalue weighted by atomic mass is 79.9. The van der Waals surface area contributed by atoms with E-state index in [0.29, 0.717) is 18.1 Å². The molecule has 0 unspecified atom stereocenters. The summed E-state index contributed by atoms with van der Waals surface area (Å²) in [5.41, 5.74) is 8.59. The van der Waals surface area contributed by atoms with Crippen molar-refractivity contribution in [1.82, 2.24) is 20.2 Å². The van der Waals surface area contributed by atoms with Gasteiger partial charge >= 0.3 is 0 Å². The van der Waals surface area contributed by atoms with Gasteiger partial charge in [0.1, 0.15) is 0 Å². The van der Waals surface area contributed by atoms with E-state index >= 15 is 0 Å². The highest BCUT2D eigenvalue weighted by Crippen LogP contribution is 2.24. The summed E-state index contributed by atoms with van der Waals surface area (Å²) in [5.74, 6) is 0.666. The molecule has 100 valence electrons. The van der Waals surface area contributed by atoms with Gasteiger partial charge in [-0.05, 0) is 34.2 Å². The topological polar surface area (TPSA) is 69.6 Å². The molecule has 3 aromatic rings. The predicted molar refractivity (Wildman–Crippen MR) is 80.9 cm³/mol. The zero-order valence-corrected chi connectivity index (χ0v) is 12.2. The first-order valence-electron chi connectivity index (χ1n) is 6.10. The van der Waals surface area contributed by atoms with Gasteiger partial charge in [-0.3, -0.25) is 0 Å². The number of halogens is 1. The molecule has 0 atom stereocenters. The number of para-hydroxylation sites is 1. The number of hydrogen-bond donors (Lipinski definition) is 1. The maximum Gasteiger partial charge on any atom is 0.184 e. The van der Waals surface area contributed by atoms with Gasteiger partial charge in [-0.25, -0.2) is 4.68 Å². The monoisotopic (exact) mass is 329 g/mol. The number of nitrogens with two attached hydrogens (primary N) is 1. The zero-order valence-electron chi connectivity index (χ0n) is 10.6. The van der Waals surface area contributed by atoms with Crippen molar-refractivity contribution in [2.75, 3.05) is 5.73 Å². The van der Waals surface area contributed by atoms with E-state index in [1.807, 2.05) is 48.5 Å². The molecule has 0 aliphatic rings. The summed E-state index contributed by atoms with van der Waals surface area (Å²) >= 11 is 3.53. The summed E-state index contributed by atoms with van der Waals surface area (Å²) in [6.07, 6.45) is 0. The van der Waals surface area contributed by atoms with Crippen LogP contribution in [0.3, 0.4) is 0 Å². The lowest BCUT2D eigenvalue weighted by Crippen LogP contribution is -2.06. The second-order valence-electron chi connectivity index (χ2n) is 4.34. The SMILES string of the molecule is Nc1ccccc1-c1nnnn1Cc1ccccc1Br. The third kappa shape index (κ3) is 2.42. The molecule has 20 heavy (non-hydrogen) atoms. The molecule has 0 amide bonds. The van der Waals surface area contributed by atoms with E-state index in [2.05, 4.69) is 31.5 Å². The Morgan fingerprint density at radius 3 is 2.60 bits per heavy atom. The Bertz CT molecular complexity index is 738. The first kappa shape index (κ1) is 12.8. The fraction of sp³-hybridized carbons (Fsp3) is 0.0714. The molecular formula is C14H12BrN5. The molecule has 0 spiro atoms. The average molecular weight is 330 g/mol. The summed E-state index contributed by atoms with van der Waals surface area (Å²) in [6, 6.07) is 15.6. The van der Waals surface area contributed by atoms with Crippen molar-refractivity contribution in [3.05, 3.63) is 58.6 Å². The molecule has 3 rings (SSSR count). The Balaban J connectivity index is 2.00. The van der Waals surface area contributed by atoms with Gasteiger partial charge < -0.3 is 5.73 Å². The Labute approximate surface area is 124 Å². The number of tetrazole rings is 1. The van der Waals surface area contributed by atoms with Crippen LogP contribution in [0.25, 0.3) is 11.4 Å². The van der Waals surface area contributed by atoms with Crippen LogP contribution in [-0.2, 0) is 6.54 Å². The van der Waals surface area contributed by atoms with E-state index in [1.54, 1.807) is 4.68 Å². The Morgan fingerprint density at radius 1 is 1.05 bits per heavy atom.